The number of pyridine rings is 1. The molecular weight excluding hydrogens is 386 g/mol. The maximum Gasteiger partial charge on any atom is 0.267 e. The molecule has 0 fully saturated rings. The molecule has 4 rings (SSSR count). The van der Waals surface area contributed by atoms with Crippen molar-refractivity contribution in [2.75, 3.05) is 18.1 Å². The molecule has 8 heteroatoms. The second kappa shape index (κ2) is 7.94. The molecule has 0 atom stereocenters. The number of aromatic nitrogens is 4. The van der Waals surface area contributed by atoms with E-state index in [1.807, 2.05) is 27.0 Å². The minimum Gasteiger partial charge on any atom is -0.466 e. The predicted octanol–water partition coefficient (Wildman–Crippen LogP) is 3.52. The average molecular weight is 412 g/mol. The molecule has 0 bridgehead atoms. The van der Waals surface area contributed by atoms with Gasteiger partial charge in [0.15, 0.2) is 17.4 Å². The Hall–Kier alpha value is -2.74. The molecule has 152 valence electrons. The van der Waals surface area contributed by atoms with Crippen LogP contribution in [-0.2, 0) is 24.7 Å². The quantitative estimate of drug-likeness (QED) is 0.580. The van der Waals surface area contributed by atoms with Crippen molar-refractivity contribution in [1.82, 2.24) is 19.7 Å². The largest absolute Gasteiger partial charge is 0.466 e. The molecule has 0 N–H and O–H groups in total. The van der Waals surface area contributed by atoms with Crippen LogP contribution < -0.4 is 9.64 Å². The first-order chi connectivity index (χ1) is 14.0. The molecule has 0 aliphatic heterocycles. The van der Waals surface area contributed by atoms with E-state index < -0.39 is 0 Å². The van der Waals surface area contributed by atoms with E-state index in [1.165, 1.54) is 11.3 Å². The monoisotopic (exact) mass is 411 g/mol. The molecule has 1 aliphatic carbocycles. The van der Waals surface area contributed by atoms with Crippen LogP contribution in [0.15, 0.2) is 18.7 Å². The van der Waals surface area contributed by atoms with Crippen LogP contribution in [0.25, 0.3) is 11.0 Å². The third-order valence-corrected chi connectivity index (χ3v) is 6.28. The Morgan fingerprint density at radius 2 is 2.14 bits per heavy atom. The van der Waals surface area contributed by atoms with E-state index in [0.29, 0.717) is 12.4 Å². The van der Waals surface area contributed by atoms with Crippen molar-refractivity contribution in [3.05, 3.63) is 40.5 Å². The lowest BCUT2D eigenvalue weighted by Gasteiger charge is -2.18. The van der Waals surface area contributed by atoms with E-state index in [1.54, 1.807) is 27.0 Å². The summed E-state index contributed by atoms with van der Waals surface area (Å²) in [5.41, 5.74) is 3.83. The smallest absolute Gasteiger partial charge is 0.267 e. The van der Waals surface area contributed by atoms with Gasteiger partial charge in [-0.25, -0.2) is 14.6 Å². The SMILES string of the molecule is C=CCN(C(=O)COc1nn(C)c2nc(C)cc(C)c12)c1nc2c(s1)CCCC2. The summed E-state index contributed by atoms with van der Waals surface area (Å²) in [7, 11) is 1.83. The van der Waals surface area contributed by atoms with Crippen LogP contribution in [-0.4, -0.2) is 38.8 Å². The third kappa shape index (κ3) is 3.76. The molecule has 0 saturated heterocycles. The number of ether oxygens (including phenoxy) is 1. The number of hydrogen-bond acceptors (Lipinski definition) is 6. The lowest BCUT2D eigenvalue weighted by Crippen LogP contribution is -2.35. The van der Waals surface area contributed by atoms with Crippen molar-refractivity contribution in [1.29, 1.82) is 0 Å². The summed E-state index contributed by atoms with van der Waals surface area (Å²) < 4.78 is 7.54. The highest BCUT2D eigenvalue weighted by molar-refractivity contribution is 7.16. The van der Waals surface area contributed by atoms with Gasteiger partial charge in [-0.15, -0.1) is 23.0 Å². The summed E-state index contributed by atoms with van der Waals surface area (Å²) in [4.78, 5) is 25.2. The molecular formula is C21H25N5O2S. The number of amides is 1. The van der Waals surface area contributed by atoms with E-state index in [0.717, 1.165) is 52.4 Å². The minimum absolute atomic E-state index is 0.114. The van der Waals surface area contributed by atoms with Crippen molar-refractivity contribution in [2.24, 2.45) is 7.05 Å². The molecule has 0 spiro atoms. The van der Waals surface area contributed by atoms with E-state index >= 15 is 0 Å². The zero-order valence-electron chi connectivity index (χ0n) is 17.1. The summed E-state index contributed by atoms with van der Waals surface area (Å²) in [5, 5.41) is 5.99. The van der Waals surface area contributed by atoms with Crippen molar-refractivity contribution in [2.45, 2.75) is 39.5 Å². The number of fused-ring (bicyclic) bond motifs is 2. The molecule has 3 aromatic rings. The number of carbonyl (C=O) groups excluding carboxylic acids is 1. The van der Waals surface area contributed by atoms with Crippen molar-refractivity contribution in [3.8, 4) is 5.88 Å². The first-order valence-corrected chi connectivity index (χ1v) is 10.6. The summed E-state index contributed by atoms with van der Waals surface area (Å²) >= 11 is 1.61. The molecule has 0 aromatic carbocycles. The second-order valence-electron chi connectivity index (χ2n) is 7.36. The van der Waals surface area contributed by atoms with Gasteiger partial charge in [-0.3, -0.25) is 9.69 Å². The zero-order valence-corrected chi connectivity index (χ0v) is 17.9. The summed E-state index contributed by atoms with van der Waals surface area (Å²) in [6.45, 7) is 8.02. The minimum atomic E-state index is -0.160. The van der Waals surface area contributed by atoms with Gasteiger partial charge in [0.05, 0.1) is 11.1 Å². The molecule has 0 unspecified atom stereocenters. The molecule has 1 amide bonds. The van der Waals surface area contributed by atoms with Gasteiger partial charge in [0, 0.05) is 24.2 Å². The van der Waals surface area contributed by atoms with Crippen molar-refractivity contribution < 1.29 is 9.53 Å². The Morgan fingerprint density at radius 3 is 2.90 bits per heavy atom. The molecule has 3 aromatic heterocycles. The number of aryl methyl sites for hydroxylation is 5. The first kappa shape index (κ1) is 19.6. The van der Waals surface area contributed by atoms with Gasteiger partial charge in [-0.05, 0) is 51.2 Å². The van der Waals surface area contributed by atoms with Crippen LogP contribution in [0.2, 0.25) is 0 Å². The Balaban J connectivity index is 1.55. The normalized spacial score (nSPS) is 13.3. The van der Waals surface area contributed by atoms with Crippen LogP contribution in [0.4, 0.5) is 5.13 Å². The van der Waals surface area contributed by atoms with Gasteiger partial charge >= 0.3 is 0 Å². The Bertz CT molecular complexity index is 1060. The summed E-state index contributed by atoms with van der Waals surface area (Å²) in [6, 6.07) is 1.99. The van der Waals surface area contributed by atoms with E-state index in [9.17, 15) is 4.79 Å². The van der Waals surface area contributed by atoms with Crippen LogP contribution in [0.3, 0.4) is 0 Å². The molecule has 29 heavy (non-hydrogen) atoms. The number of thiazole rings is 1. The number of rotatable bonds is 6. The molecule has 3 heterocycles. The Kier molecular flexibility index (Phi) is 5.36. The highest BCUT2D eigenvalue weighted by atomic mass is 32.1. The Labute approximate surface area is 174 Å². The first-order valence-electron chi connectivity index (χ1n) is 9.81. The zero-order chi connectivity index (χ0) is 20.5. The number of carbonyl (C=O) groups is 1. The highest BCUT2D eigenvalue weighted by Crippen LogP contribution is 2.32. The van der Waals surface area contributed by atoms with Gasteiger partial charge in [0.2, 0.25) is 5.88 Å². The third-order valence-electron chi connectivity index (χ3n) is 5.10. The van der Waals surface area contributed by atoms with Crippen molar-refractivity contribution in [3.63, 3.8) is 0 Å². The predicted molar refractivity (Wildman–Crippen MR) is 115 cm³/mol. The Morgan fingerprint density at radius 1 is 1.34 bits per heavy atom. The standard InChI is InChI=1S/C21H25N5O2S/c1-5-10-26(21-23-15-8-6-7-9-16(15)29-21)17(27)12-28-20-18-13(2)11-14(3)22-19(18)25(4)24-20/h5,11H,1,6-10,12H2,2-4H3. The molecule has 7 nitrogen and oxygen atoms in total. The van der Waals surface area contributed by atoms with Gasteiger partial charge < -0.3 is 4.74 Å². The fourth-order valence-corrected chi connectivity index (χ4v) is 4.90. The van der Waals surface area contributed by atoms with Crippen LogP contribution in [0.1, 0.15) is 34.7 Å². The lowest BCUT2D eigenvalue weighted by atomic mass is 10.0. The summed E-state index contributed by atoms with van der Waals surface area (Å²) in [6.07, 6.45) is 6.10. The molecule has 0 saturated carbocycles. The van der Waals surface area contributed by atoms with Crippen LogP contribution in [0, 0.1) is 13.8 Å². The fourth-order valence-electron chi connectivity index (χ4n) is 3.73. The summed E-state index contributed by atoms with van der Waals surface area (Å²) in [5.74, 6) is 0.269. The van der Waals surface area contributed by atoms with Gasteiger partial charge in [0.1, 0.15) is 0 Å². The molecule has 0 radical (unpaired) electrons. The molecule has 1 aliphatic rings. The lowest BCUT2D eigenvalue weighted by molar-refractivity contribution is -0.120. The highest BCUT2D eigenvalue weighted by Gasteiger charge is 2.24. The fraction of sp³-hybridized carbons (Fsp3) is 0.429. The van der Waals surface area contributed by atoms with E-state index in [4.69, 9.17) is 9.72 Å². The number of anilines is 1. The van der Waals surface area contributed by atoms with Gasteiger partial charge in [-0.1, -0.05) is 6.08 Å². The number of nitrogens with zero attached hydrogens (tertiary/aromatic N) is 5. The second-order valence-corrected chi connectivity index (χ2v) is 8.43. The van der Waals surface area contributed by atoms with Crippen LogP contribution >= 0.6 is 11.3 Å². The van der Waals surface area contributed by atoms with Crippen LogP contribution in [0.5, 0.6) is 5.88 Å². The maximum atomic E-state index is 13.0. The van der Waals surface area contributed by atoms with Gasteiger partial charge in [-0.2, -0.15) is 0 Å². The van der Waals surface area contributed by atoms with E-state index in [-0.39, 0.29) is 12.5 Å². The average Bonchev–Trinajstić information content (AvgIpc) is 3.25. The van der Waals surface area contributed by atoms with Crippen molar-refractivity contribution >= 4 is 33.4 Å². The maximum absolute atomic E-state index is 13.0. The van der Waals surface area contributed by atoms with E-state index in [2.05, 4.69) is 16.7 Å². The number of hydrogen-bond donors (Lipinski definition) is 0. The topological polar surface area (TPSA) is 73.1 Å². The van der Waals surface area contributed by atoms with Gasteiger partial charge in [0.25, 0.3) is 5.91 Å².